The molecule has 0 bridgehead atoms. The Hall–Kier alpha value is -4.67. The molecule has 1 aliphatic rings. The highest BCUT2D eigenvalue weighted by molar-refractivity contribution is 5.95. The Morgan fingerprint density at radius 2 is 1.75 bits per heavy atom. The number of amidine groups is 1. The Bertz CT molecular complexity index is 1160. The third-order valence-electron chi connectivity index (χ3n) is 5.25. The van der Waals surface area contributed by atoms with Crippen LogP contribution in [-0.4, -0.2) is 53.9 Å². The first-order valence-corrected chi connectivity index (χ1v) is 11.2. The van der Waals surface area contributed by atoms with Crippen molar-refractivity contribution in [2.45, 2.75) is 25.8 Å². The smallest absolute Gasteiger partial charge is 0.355 e. The molecule has 4 N–H and O–H groups in total. The van der Waals surface area contributed by atoms with Crippen molar-refractivity contribution in [3.05, 3.63) is 71.3 Å². The average Bonchev–Trinajstić information content (AvgIpc) is 3.37. The maximum absolute atomic E-state index is 12.3. The minimum atomic E-state index is -0.826. The Labute approximate surface area is 207 Å². The van der Waals surface area contributed by atoms with Crippen LogP contribution in [0.25, 0.3) is 6.08 Å². The van der Waals surface area contributed by atoms with Gasteiger partial charge in [0.1, 0.15) is 17.6 Å². The van der Waals surface area contributed by atoms with Gasteiger partial charge in [-0.05, 0) is 67.8 Å². The fourth-order valence-corrected chi connectivity index (χ4v) is 3.44. The van der Waals surface area contributed by atoms with Crippen LogP contribution in [-0.2, 0) is 19.2 Å². The van der Waals surface area contributed by atoms with E-state index in [0.29, 0.717) is 41.8 Å². The first kappa shape index (κ1) is 25.9. The second-order valence-corrected chi connectivity index (χ2v) is 7.71. The Kier molecular flexibility index (Phi) is 8.76. The summed E-state index contributed by atoms with van der Waals surface area (Å²) in [6.07, 6.45) is 3.68. The summed E-state index contributed by atoms with van der Waals surface area (Å²) in [6.45, 7) is 2.24. The minimum absolute atomic E-state index is 0.0861. The van der Waals surface area contributed by atoms with Crippen LogP contribution in [0.2, 0.25) is 0 Å². The maximum atomic E-state index is 12.3. The van der Waals surface area contributed by atoms with E-state index in [1.165, 1.54) is 35.2 Å². The van der Waals surface area contributed by atoms with Crippen molar-refractivity contribution >= 4 is 35.9 Å². The fraction of sp³-hybridized carbons (Fsp3) is 0.240. The molecule has 0 aromatic heterocycles. The first-order chi connectivity index (χ1) is 17.3. The van der Waals surface area contributed by atoms with Gasteiger partial charge < -0.3 is 24.9 Å². The van der Waals surface area contributed by atoms with Crippen LogP contribution in [0.4, 0.5) is 4.79 Å². The molecule has 1 unspecified atom stereocenters. The van der Waals surface area contributed by atoms with Gasteiger partial charge in [0.25, 0.3) is 0 Å². The standard InChI is InChI=1S/C25H26N4O7/c1-2-34-24(32)20-4-3-15-29(20)25(33)28-36-21(30)14-7-16-5-8-18(9-6-16)23(31)35-19-12-10-17(11-13-19)22(26)27/h5-14,20H,2-4,15H2,1H3,(H3,26,27)(H,28,33). The number of ether oxygens (including phenoxy) is 2. The number of nitrogen functional groups attached to an aromatic ring is 1. The largest absolute Gasteiger partial charge is 0.464 e. The third kappa shape index (κ3) is 6.92. The van der Waals surface area contributed by atoms with E-state index in [1.807, 2.05) is 5.48 Å². The lowest BCUT2D eigenvalue weighted by atomic mass is 10.1. The van der Waals surface area contributed by atoms with E-state index in [2.05, 4.69) is 0 Å². The van der Waals surface area contributed by atoms with E-state index in [1.54, 1.807) is 31.2 Å². The highest BCUT2D eigenvalue weighted by Crippen LogP contribution is 2.19. The number of nitrogens with zero attached hydrogens (tertiary/aromatic N) is 1. The quantitative estimate of drug-likeness (QED) is 0.132. The second-order valence-electron chi connectivity index (χ2n) is 7.71. The van der Waals surface area contributed by atoms with Gasteiger partial charge in [-0.25, -0.2) is 19.2 Å². The zero-order valence-electron chi connectivity index (χ0n) is 19.6. The van der Waals surface area contributed by atoms with Crippen molar-refractivity contribution in [3.63, 3.8) is 0 Å². The van der Waals surface area contributed by atoms with Crippen LogP contribution in [0.15, 0.2) is 54.6 Å². The summed E-state index contributed by atoms with van der Waals surface area (Å²) in [7, 11) is 0. The van der Waals surface area contributed by atoms with E-state index in [4.69, 9.17) is 25.5 Å². The van der Waals surface area contributed by atoms with Crippen molar-refractivity contribution in [1.82, 2.24) is 10.4 Å². The predicted octanol–water partition coefficient (Wildman–Crippen LogP) is 2.40. The number of amides is 2. The van der Waals surface area contributed by atoms with Crippen LogP contribution in [0.3, 0.4) is 0 Å². The highest BCUT2D eigenvalue weighted by atomic mass is 16.7. The number of rotatable bonds is 7. The molecular weight excluding hydrogens is 468 g/mol. The fourth-order valence-electron chi connectivity index (χ4n) is 3.44. The second kappa shape index (κ2) is 12.2. The summed E-state index contributed by atoms with van der Waals surface area (Å²) in [5.41, 5.74) is 8.85. The summed E-state index contributed by atoms with van der Waals surface area (Å²) in [4.78, 5) is 54.5. The molecule has 11 heteroatoms. The van der Waals surface area contributed by atoms with Crippen LogP contribution in [0.1, 0.15) is 41.3 Å². The number of urea groups is 1. The van der Waals surface area contributed by atoms with Gasteiger partial charge in [0.15, 0.2) is 0 Å². The van der Waals surface area contributed by atoms with E-state index < -0.39 is 30.0 Å². The first-order valence-electron chi connectivity index (χ1n) is 11.2. The molecule has 0 spiro atoms. The number of likely N-dealkylation sites (tertiary alicyclic amines) is 1. The molecule has 2 aromatic carbocycles. The zero-order chi connectivity index (χ0) is 26.1. The number of hydrogen-bond donors (Lipinski definition) is 3. The number of esters is 2. The summed E-state index contributed by atoms with van der Waals surface area (Å²) in [6, 6.07) is 11.1. The van der Waals surface area contributed by atoms with Crippen LogP contribution in [0.5, 0.6) is 5.75 Å². The van der Waals surface area contributed by atoms with E-state index >= 15 is 0 Å². The van der Waals surface area contributed by atoms with Gasteiger partial charge in [0.2, 0.25) is 0 Å². The van der Waals surface area contributed by atoms with Gasteiger partial charge in [0.05, 0.1) is 12.2 Å². The molecule has 1 saturated heterocycles. The molecule has 1 aliphatic heterocycles. The minimum Gasteiger partial charge on any atom is -0.464 e. The molecule has 3 rings (SSSR count). The molecule has 11 nitrogen and oxygen atoms in total. The van der Waals surface area contributed by atoms with Crippen molar-refractivity contribution < 1.29 is 33.5 Å². The summed E-state index contributed by atoms with van der Waals surface area (Å²) in [5, 5.41) is 7.37. The Morgan fingerprint density at radius 1 is 1.08 bits per heavy atom. The van der Waals surface area contributed by atoms with Crippen molar-refractivity contribution in [2.24, 2.45) is 5.73 Å². The molecular formula is C25H26N4O7. The lowest BCUT2D eigenvalue weighted by Crippen LogP contribution is -2.46. The van der Waals surface area contributed by atoms with Crippen molar-refractivity contribution in [2.75, 3.05) is 13.2 Å². The highest BCUT2D eigenvalue weighted by Gasteiger charge is 2.35. The Morgan fingerprint density at radius 3 is 2.39 bits per heavy atom. The van der Waals surface area contributed by atoms with Crippen LogP contribution < -0.4 is 16.0 Å². The SMILES string of the molecule is CCOC(=O)C1CCCN1C(=O)NOC(=O)C=Cc1ccc(C(=O)Oc2ccc(C(=N)N)cc2)cc1. The third-order valence-corrected chi connectivity index (χ3v) is 5.25. The van der Waals surface area contributed by atoms with Gasteiger partial charge >= 0.3 is 23.9 Å². The lowest BCUT2D eigenvalue weighted by Gasteiger charge is -2.22. The van der Waals surface area contributed by atoms with E-state index in [-0.39, 0.29) is 12.4 Å². The molecule has 2 aromatic rings. The van der Waals surface area contributed by atoms with Gasteiger partial charge in [0, 0.05) is 18.2 Å². The number of benzene rings is 2. The molecule has 0 saturated carbocycles. The van der Waals surface area contributed by atoms with Crippen molar-refractivity contribution in [3.8, 4) is 5.75 Å². The molecule has 0 aliphatic carbocycles. The topological polar surface area (TPSA) is 161 Å². The number of carbonyl (C=O) groups excluding carboxylic acids is 4. The maximum Gasteiger partial charge on any atom is 0.355 e. The summed E-state index contributed by atoms with van der Waals surface area (Å²) >= 11 is 0. The molecule has 0 radical (unpaired) electrons. The molecule has 1 heterocycles. The Balaban J connectivity index is 1.48. The number of nitrogens with two attached hydrogens (primary N) is 1. The molecule has 1 atom stereocenters. The molecule has 2 amide bonds. The summed E-state index contributed by atoms with van der Waals surface area (Å²) in [5.74, 6) is -1.67. The van der Waals surface area contributed by atoms with Crippen molar-refractivity contribution in [1.29, 1.82) is 5.41 Å². The predicted molar refractivity (Wildman–Crippen MR) is 129 cm³/mol. The normalized spacial score (nSPS) is 14.8. The van der Waals surface area contributed by atoms with Crippen LogP contribution in [0, 0.1) is 5.41 Å². The lowest BCUT2D eigenvalue weighted by molar-refractivity contribution is -0.148. The molecule has 188 valence electrons. The van der Waals surface area contributed by atoms with Gasteiger partial charge in [-0.1, -0.05) is 12.1 Å². The number of hydrogen-bond acceptors (Lipinski definition) is 8. The number of carbonyl (C=O) groups is 4. The van der Waals surface area contributed by atoms with Gasteiger partial charge in [-0.3, -0.25) is 5.41 Å². The van der Waals surface area contributed by atoms with E-state index in [9.17, 15) is 19.2 Å². The summed E-state index contributed by atoms with van der Waals surface area (Å²) < 4.78 is 10.3. The zero-order valence-corrected chi connectivity index (χ0v) is 19.6. The van der Waals surface area contributed by atoms with Gasteiger partial charge in [-0.2, -0.15) is 5.48 Å². The molecule has 36 heavy (non-hydrogen) atoms. The number of nitrogens with one attached hydrogen (secondary N) is 2. The van der Waals surface area contributed by atoms with E-state index in [0.717, 1.165) is 6.08 Å². The number of hydroxylamine groups is 1. The van der Waals surface area contributed by atoms with Crippen LogP contribution >= 0.6 is 0 Å². The molecule has 1 fully saturated rings. The monoisotopic (exact) mass is 494 g/mol. The van der Waals surface area contributed by atoms with Gasteiger partial charge in [-0.15, -0.1) is 0 Å². The average molecular weight is 495 g/mol.